The van der Waals surface area contributed by atoms with Gasteiger partial charge < -0.3 is 9.84 Å². The second-order valence-electron chi connectivity index (χ2n) is 1.87. The molecule has 1 unspecified atom stereocenters. The maximum atomic E-state index is 9.06. The van der Waals surface area contributed by atoms with E-state index in [1.807, 2.05) is 0 Å². The first-order chi connectivity index (χ1) is 5.33. The van der Waals surface area contributed by atoms with E-state index >= 15 is 0 Å². The van der Waals surface area contributed by atoms with E-state index in [-0.39, 0.29) is 6.54 Å². The van der Waals surface area contributed by atoms with Crippen molar-refractivity contribution in [3.63, 3.8) is 0 Å². The van der Waals surface area contributed by atoms with Crippen molar-refractivity contribution in [1.82, 2.24) is 20.2 Å². The fourth-order valence-electron chi connectivity index (χ4n) is 0.630. The van der Waals surface area contributed by atoms with Crippen LogP contribution in [0.3, 0.4) is 0 Å². The summed E-state index contributed by atoms with van der Waals surface area (Å²) >= 11 is 0. The summed E-state index contributed by atoms with van der Waals surface area (Å²) in [6.07, 6.45) is 1.57. The zero-order valence-corrected chi connectivity index (χ0v) is 6.14. The number of aromatic nitrogens is 4. The minimum Gasteiger partial charge on any atom is -0.366 e. The van der Waals surface area contributed by atoms with Crippen LogP contribution in [0.1, 0.15) is 6.92 Å². The molecule has 0 aromatic carbocycles. The Balaban J connectivity index is 2.31. The van der Waals surface area contributed by atoms with E-state index in [0.29, 0.717) is 6.61 Å². The quantitative estimate of drug-likeness (QED) is 0.557. The molecule has 0 aliphatic heterocycles. The van der Waals surface area contributed by atoms with E-state index in [2.05, 4.69) is 21.9 Å². The molecule has 1 aromatic heterocycles. The summed E-state index contributed by atoms with van der Waals surface area (Å²) in [5, 5.41) is 19.2. The van der Waals surface area contributed by atoms with Crippen LogP contribution in [0.25, 0.3) is 0 Å². The molecule has 11 heavy (non-hydrogen) atoms. The fraction of sp³-hybridized carbons (Fsp3) is 0.800. The van der Waals surface area contributed by atoms with Gasteiger partial charge in [-0.2, -0.15) is 0 Å². The number of hydrogen-bond acceptors (Lipinski definition) is 5. The number of tetrazole rings is 1. The Labute approximate surface area is 63.8 Å². The van der Waals surface area contributed by atoms with Gasteiger partial charge in [0.2, 0.25) is 6.33 Å². The molecule has 0 spiro atoms. The van der Waals surface area contributed by atoms with E-state index in [1.54, 1.807) is 6.92 Å². The van der Waals surface area contributed by atoms with Crippen LogP contribution in [0, 0.1) is 6.33 Å². The molecule has 1 aromatic rings. The minimum absolute atomic E-state index is 0.209. The van der Waals surface area contributed by atoms with Crippen molar-refractivity contribution in [2.45, 2.75) is 19.8 Å². The maximum absolute atomic E-state index is 9.06. The lowest BCUT2D eigenvalue weighted by molar-refractivity contribution is -0.105. The van der Waals surface area contributed by atoms with Gasteiger partial charge >= 0.3 is 0 Å². The smallest absolute Gasteiger partial charge is 0.221 e. The Morgan fingerprint density at radius 1 is 1.73 bits per heavy atom. The van der Waals surface area contributed by atoms with Crippen molar-refractivity contribution in [1.29, 1.82) is 0 Å². The number of rotatable bonds is 4. The number of aliphatic hydroxyl groups excluding tert-OH is 1. The second kappa shape index (κ2) is 3.99. The highest BCUT2D eigenvalue weighted by molar-refractivity contribution is 4.45. The Kier molecular flexibility index (Phi) is 2.94. The van der Waals surface area contributed by atoms with E-state index in [9.17, 15) is 0 Å². The molecule has 6 heteroatoms. The minimum atomic E-state index is -0.861. The van der Waals surface area contributed by atoms with Crippen LogP contribution in [-0.2, 0) is 11.3 Å². The number of nitrogens with zero attached hydrogens (tertiary/aromatic N) is 4. The zero-order chi connectivity index (χ0) is 8.10. The molecule has 0 saturated heterocycles. The van der Waals surface area contributed by atoms with E-state index in [4.69, 9.17) is 9.84 Å². The highest BCUT2D eigenvalue weighted by Gasteiger charge is 2.04. The molecule has 0 aliphatic carbocycles. The summed E-state index contributed by atoms with van der Waals surface area (Å²) in [5.74, 6) is 0. The van der Waals surface area contributed by atoms with Crippen LogP contribution in [0.5, 0.6) is 0 Å². The second-order valence-corrected chi connectivity index (χ2v) is 1.87. The summed E-state index contributed by atoms with van der Waals surface area (Å²) in [4.78, 5) is 0. The molecule has 61 valence electrons. The largest absolute Gasteiger partial charge is 0.366 e. The molecule has 1 heterocycles. The third kappa shape index (κ3) is 2.60. The van der Waals surface area contributed by atoms with Crippen LogP contribution in [-0.4, -0.2) is 38.2 Å². The van der Waals surface area contributed by atoms with Gasteiger partial charge in [0, 0.05) is 6.61 Å². The predicted molar refractivity (Wildman–Crippen MR) is 34.3 cm³/mol. The third-order valence-corrected chi connectivity index (χ3v) is 1.04. The van der Waals surface area contributed by atoms with Gasteiger partial charge in [0.1, 0.15) is 0 Å². The number of hydrogen-bond donors (Lipinski definition) is 1. The van der Waals surface area contributed by atoms with Gasteiger partial charge in [0.05, 0.1) is 6.54 Å². The van der Waals surface area contributed by atoms with E-state index in [1.165, 1.54) is 4.68 Å². The van der Waals surface area contributed by atoms with Crippen molar-refractivity contribution in [3.05, 3.63) is 6.33 Å². The Hall–Kier alpha value is -1.01. The normalized spacial score (nSPS) is 13.3. The van der Waals surface area contributed by atoms with Crippen molar-refractivity contribution in [3.8, 4) is 0 Å². The van der Waals surface area contributed by atoms with Crippen molar-refractivity contribution < 1.29 is 9.84 Å². The van der Waals surface area contributed by atoms with Crippen LogP contribution in [0.15, 0.2) is 0 Å². The summed E-state index contributed by atoms with van der Waals surface area (Å²) in [6, 6.07) is 0. The molecule has 1 N–H and O–H groups in total. The average Bonchev–Trinajstić information content (AvgIpc) is 2.40. The highest BCUT2D eigenvalue weighted by atomic mass is 16.6. The lowest BCUT2D eigenvalue weighted by Gasteiger charge is -2.07. The molecule has 0 bridgehead atoms. The Morgan fingerprint density at radius 3 is 3.09 bits per heavy atom. The van der Waals surface area contributed by atoms with E-state index < -0.39 is 6.29 Å². The van der Waals surface area contributed by atoms with Gasteiger partial charge in [-0.25, -0.2) is 4.68 Å². The zero-order valence-electron chi connectivity index (χ0n) is 6.14. The number of aliphatic hydroxyl groups is 1. The third-order valence-electron chi connectivity index (χ3n) is 1.04. The molecule has 0 fully saturated rings. The highest BCUT2D eigenvalue weighted by Crippen LogP contribution is 1.89. The lowest BCUT2D eigenvalue weighted by Crippen LogP contribution is -2.19. The molecule has 1 radical (unpaired) electrons. The fourth-order valence-corrected chi connectivity index (χ4v) is 0.630. The molecular weight excluding hydrogens is 148 g/mol. The van der Waals surface area contributed by atoms with Crippen molar-refractivity contribution >= 4 is 0 Å². The van der Waals surface area contributed by atoms with Crippen molar-refractivity contribution in [2.75, 3.05) is 6.61 Å². The van der Waals surface area contributed by atoms with Gasteiger partial charge in [0.15, 0.2) is 6.29 Å². The Bertz CT molecular complexity index is 188. The van der Waals surface area contributed by atoms with Gasteiger partial charge in [-0.3, -0.25) is 0 Å². The van der Waals surface area contributed by atoms with Crippen LogP contribution in [0.2, 0.25) is 0 Å². The standard InChI is InChI=1S/C5H9N4O2/c1-2-11-5(10)3-9-4-6-7-8-9/h5,10H,2-3H2,1H3. The molecule has 1 atom stereocenters. The van der Waals surface area contributed by atoms with E-state index in [0.717, 1.165) is 0 Å². The molecule has 0 aliphatic rings. The molecule has 0 amide bonds. The molecule has 6 nitrogen and oxygen atoms in total. The predicted octanol–water partition coefficient (Wildman–Crippen LogP) is -1.17. The Morgan fingerprint density at radius 2 is 2.55 bits per heavy atom. The first-order valence-corrected chi connectivity index (χ1v) is 3.26. The monoisotopic (exact) mass is 157 g/mol. The topological polar surface area (TPSA) is 73.1 Å². The summed E-state index contributed by atoms with van der Waals surface area (Å²) in [7, 11) is 0. The van der Waals surface area contributed by atoms with Crippen LogP contribution in [0.4, 0.5) is 0 Å². The van der Waals surface area contributed by atoms with Crippen LogP contribution < -0.4 is 0 Å². The van der Waals surface area contributed by atoms with Gasteiger partial charge in [-0.05, 0) is 17.4 Å². The van der Waals surface area contributed by atoms with Gasteiger partial charge in [-0.1, -0.05) is 0 Å². The molecular formula is C5H9N4O2. The first-order valence-electron chi connectivity index (χ1n) is 3.26. The van der Waals surface area contributed by atoms with Gasteiger partial charge in [0.25, 0.3) is 0 Å². The molecule has 0 saturated carbocycles. The average molecular weight is 157 g/mol. The molecule has 1 rings (SSSR count). The van der Waals surface area contributed by atoms with Crippen molar-refractivity contribution in [2.24, 2.45) is 0 Å². The summed E-state index contributed by atoms with van der Waals surface area (Å²) in [6.45, 7) is 2.47. The lowest BCUT2D eigenvalue weighted by atomic mass is 10.6. The van der Waals surface area contributed by atoms with Crippen LogP contribution >= 0.6 is 0 Å². The first kappa shape index (κ1) is 8.09. The van der Waals surface area contributed by atoms with Gasteiger partial charge in [-0.15, -0.1) is 5.10 Å². The summed E-state index contributed by atoms with van der Waals surface area (Å²) in [5.41, 5.74) is 0. The number of ether oxygens (including phenoxy) is 1. The summed E-state index contributed by atoms with van der Waals surface area (Å²) < 4.78 is 6.11. The SMILES string of the molecule is CCOC(O)Cn1[c]nnn1. The maximum Gasteiger partial charge on any atom is 0.221 e.